The van der Waals surface area contributed by atoms with Crippen LogP contribution in [0.25, 0.3) is 5.82 Å². The van der Waals surface area contributed by atoms with Crippen LogP contribution in [0.1, 0.15) is 11.4 Å². The summed E-state index contributed by atoms with van der Waals surface area (Å²) in [5, 5.41) is 7.30. The second-order valence-corrected chi connectivity index (χ2v) is 3.62. The Morgan fingerprint density at radius 2 is 2.24 bits per heavy atom. The molecule has 2 rings (SSSR count). The Kier molecular flexibility index (Phi) is 3.34. The molecular formula is C11H15N5O. The number of nitrogens with zero attached hydrogens (tertiary/aromatic N) is 4. The Morgan fingerprint density at radius 1 is 1.41 bits per heavy atom. The average Bonchev–Trinajstić information content (AvgIpc) is 2.80. The zero-order valence-electron chi connectivity index (χ0n) is 10.1. The van der Waals surface area contributed by atoms with Crippen molar-refractivity contribution in [1.29, 1.82) is 0 Å². The van der Waals surface area contributed by atoms with Crippen molar-refractivity contribution in [3.05, 3.63) is 30.0 Å². The van der Waals surface area contributed by atoms with Gasteiger partial charge < -0.3 is 10.1 Å². The average molecular weight is 233 g/mol. The van der Waals surface area contributed by atoms with E-state index in [1.165, 1.54) is 0 Å². The summed E-state index contributed by atoms with van der Waals surface area (Å²) in [6, 6.07) is 0. The first-order valence-corrected chi connectivity index (χ1v) is 5.30. The summed E-state index contributed by atoms with van der Waals surface area (Å²) in [5.74, 6) is 2.20. The first kappa shape index (κ1) is 11.5. The predicted molar refractivity (Wildman–Crippen MR) is 63.2 cm³/mol. The quantitative estimate of drug-likeness (QED) is 0.842. The summed E-state index contributed by atoms with van der Waals surface area (Å²) in [5.41, 5.74) is 0.990. The van der Waals surface area contributed by atoms with Gasteiger partial charge in [0.05, 0.1) is 19.5 Å². The fraction of sp³-hybridized carbons (Fsp3) is 0.364. The van der Waals surface area contributed by atoms with Crippen molar-refractivity contribution in [2.75, 3.05) is 14.2 Å². The van der Waals surface area contributed by atoms with Gasteiger partial charge in [0.25, 0.3) is 0 Å². The predicted octanol–water partition coefficient (Wildman–Crippen LogP) is 0.699. The monoisotopic (exact) mass is 233 g/mol. The lowest BCUT2D eigenvalue weighted by atomic mass is 10.3. The van der Waals surface area contributed by atoms with Gasteiger partial charge in [-0.3, -0.25) is 0 Å². The van der Waals surface area contributed by atoms with Crippen LogP contribution in [0.15, 0.2) is 18.6 Å². The van der Waals surface area contributed by atoms with Crippen molar-refractivity contribution >= 4 is 0 Å². The molecule has 0 aliphatic rings. The van der Waals surface area contributed by atoms with Crippen LogP contribution in [0.5, 0.6) is 5.75 Å². The maximum Gasteiger partial charge on any atom is 0.161 e. The molecule has 0 amide bonds. The molecule has 0 aromatic carbocycles. The number of methoxy groups -OCH3 is 1. The fourth-order valence-electron chi connectivity index (χ4n) is 1.52. The molecule has 90 valence electrons. The molecule has 0 fully saturated rings. The van der Waals surface area contributed by atoms with Gasteiger partial charge in [-0.05, 0) is 14.0 Å². The topological polar surface area (TPSA) is 64.9 Å². The summed E-state index contributed by atoms with van der Waals surface area (Å²) in [4.78, 5) is 8.59. The fourth-order valence-corrected chi connectivity index (χ4v) is 1.52. The van der Waals surface area contributed by atoms with Crippen molar-refractivity contribution < 1.29 is 4.74 Å². The Bertz CT molecular complexity index is 508. The summed E-state index contributed by atoms with van der Waals surface area (Å²) in [6.45, 7) is 2.55. The number of hydrogen-bond donors (Lipinski definition) is 1. The maximum atomic E-state index is 5.10. The molecule has 0 radical (unpaired) electrons. The number of hydrogen-bond acceptors (Lipinski definition) is 5. The minimum atomic E-state index is 0.692. The molecule has 6 nitrogen and oxygen atoms in total. The maximum absolute atomic E-state index is 5.10. The Hall–Kier alpha value is -1.95. The molecule has 0 atom stereocenters. The highest BCUT2D eigenvalue weighted by Gasteiger charge is 2.09. The van der Waals surface area contributed by atoms with Gasteiger partial charge in [0.1, 0.15) is 5.82 Å². The van der Waals surface area contributed by atoms with E-state index in [2.05, 4.69) is 20.4 Å². The number of rotatable bonds is 4. The zero-order valence-corrected chi connectivity index (χ0v) is 10.1. The molecule has 0 saturated carbocycles. The molecule has 1 N–H and O–H groups in total. The molecular weight excluding hydrogens is 218 g/mol. The van der Waals surface area contributed by atoms with E-state index in [1.807, 2.05) is 20.2 Å². The molecule has 2 aromatic heterocycles. The Balaban J connectivity index is 2.44. The summed E-state index contributed by atoms with van der Waals surface area (Å²) >= 11 is 0. The van der Waals surface area contributed by atoms with Gasteiger partial charge in [-0.2, -0.15) is 5.10 Å². The number of ether oxygens (including phenoxy) is 1. The van der Waals surface area contributed by atoms with Crippen molar-refractivity contribution in [1.82, 2.24) is 25.1 Å². The van der Waals surface area contributed by atoms with Gasteiger partial charge in [-0.15, -0.1) is 0 Å². The lowest BCUT2D eigenvalue weighted by molar-refractivity contribution is 0.414. The minimum absolute atomic E-state index is 0.692. The second kappa shape index (κ2) is 4.92. The lowest BCUT2D eigenvalue weighted by Gasteiger charge is -2.08. The molecule has 0 bridgehead atoms. The summed E-state index contributed by atoms with van der Waals surface area (Å²) in [6.07, 6.45) is 5.25. The van der Waals surface area contributed by atoms with Gasteiger partial charge in [0.2, 0.25) is 0 Å². The van der Waals surface area contributed by atoms with Crippen LogP contribution in [-0.2, 0) is 6.54 Å². The molecule has 0 saturated heterocycles. The number of nitrogens with one attached hydrogen (secondary N) is 1. The second-order valence-electron chi connectivity index (χ2n) is 3.62. The zero-order chi connectivity index (χ0) is 12.3. The van der Waals surface area contributed by atoms with E-state index in [0.717, 1.165) is 11.4 Å². The third-order valence-corrected chi connectivity index (χ3v) is 2.34. The first-order chi connectivity index (χ1) is 8.24. The Labute approximate surface area is 99.7 Å². The smallest absolute Gasteiger partial charge is 0.161 e. The summed E-state index contributed by atoms with van der Waals surface area (Å²) in [7, 11) is 3.49. The van der Waals surface area contributed by atoms with Gasteiger partial charge >= 0.3 is 0 Å². The van der Waals surface area contributed by atoms with Crippen LogP contribution in [0, 0.1) is 6.92 Å². The van der Waals surface area contributed by atoms with Crippen LogP contribution in [0.3, 0.4) is 0 Å². The standard InChI is InChI=1S/C11H15N5O/c1-8-13-5-9(4-12-2)11(15-8)16-7-10(17-3)6-14-16/h5-7,12H,4H2,1-3H3. The molecule has 0 aliphatic heterocycles. The SMILES string of the molecule is CNCc1cnc(C)nc1-n1cc(OC)cn1. The van der Waals surface area contributed by atoms with Gasteiger partial charge in [0.15, 0.2) is 11.6 Å². The van der Waals surface area contributed by atoms with Crippen molar-refractivity contribution in [3.63, 3.8) is 0 Å². The van der Waals surface area contributed by atoms with Crippen LogP contribution in [0.4, 0.5) is 0 Å². The highest BCUT2D eigenvalue weighted by Crippen LogP contribution is 2.14. The first-order valence-electron chi connectivity index (χ1n) is 5.30. The molecule has 0 unspecified atom stereocenters. The van der Waals surface area contributed by atoms with E-state index in [0.29, 0.717) is 18.1 Å². The van der Waals surface area contributed by atoms with E-state index in [1.54, 1.807) is 24.2 Å². The summed E-state index contributed by atoms with van der Waals surface area (Å²) < 4.78 is 6.80. The van der Waals surface area contributed by atoms with E-state index in [-0.39, 0.29) is 0 Å². The molecule has 2 aromatic rings. The van der Waals surface area contributed by atoms with Gasteiger partial charge in [-0.1, -0.05) is 0 Å². The third-order valence-electron chi connectivity index (χ3n) is 2.34. The molecule has 6 heteroatoms. The molecule has 0 spiro atoms. The number of aromatic nitrogens is 4. The number of aryl methyl sites for hydroxylation is 1. The Morgan fingerprint density at radius 3 is 2.88 bits per heavy atom. The van der Waals surface area contributed by atoms with E-state index in [4.69, 9.17) is 4.74 Å². The van der Waals surface area contributed by atoms with E-state index < -0.39 is 0 Å². The van der Waals surface area contributed by atoms with Crippen molar-refractivity contribution in [2.24, 2.45) is 0 Å². The lowest BCUT2D eigenvalue weighted by Crippen LogP contribution is -2.12. The largest absolute Gasteiger partial charge is 0.493 e. The van der Waals surface area contributed by atoms with Gasteiger partial charge in [0, 0.05) is 18.3 Å². The minimum Gasteiger partial charge on any atom is -0.493 e. The van der Waals surface area contributed by atoms with Gasteiger partial charge in [-0.25, -0.2) is 14.6 Å². The van der Waals surface area contributed by atoms with Crippen LogP contribution in [-0.4, -0.2) is 33.9 Å². The van der Waals surface area contributed by atoms with E-state index >= 15 is 0 Å². The van der Waals surface area contributed by atoms with Crippen molar-refractivity contribution in [2.45, 2.75) is 13.5 Å². The molecule has 2 heterocycles. The third kappa shape index (κ3) is 2.42. The normalized spacial score (nSPS) is 10.5. The molecule has 0 aliphatic carbocycles. The van der Waals surface area contributed by atoms with Crippen LogP contribution < -0.4 is 10.1 Å². The van der Waals surface area contributed by atoms with E-state index in [9.17, 15) is 0 Å². The molecule has 17 heavy (non-hydrogen) atoms. The van der Waals surface area contributed by atoms with Crippen molar-refractivity contribution in [3.8, 4) is 11.6 Å². The van der Waals surface area contributed by atoms with Crippen LogP contribution >= 0.6 is 0 Å². The highest BCUT2D eigenvalue weighted by atomic mass is 16.5. The highest BCUT2D eigenvalue weighted by molar-refractivity contribution is 5.33. The van der Waals surface area contributed by atoms with Crippen LogP contribution in [0.2, 0.25) is 0 Å².